The average Bonchev–Trinajstić information content (AvgIpc) is 2.32. The molecule has 0 aliphatic heterocycles. The van der Waals surface area contributed by atoms with Crippen molar-refractivity contribution in [2.75, 3.05) is 13.7 Å². The lowest BCUT2D eigenvalue weighted by atomic mass is 10.0. The predicted molar refractivity (Wildman–Crippen MR) is 75.8 cm³/mol. The summed E-state index contributed by atoms with van der Waals surface area (Å²) in [5.41, 5.74) is 0. The highest BCUT2D eigenvalue weighted by molar-refractivity contribution is 7.89. The number of nitrogens with zero attached hydrogens (tertiary/aromatic N) is 1. The lowest BCUT2D eigenvalue weighted by Gasteiger charge is -2.31. The molecule has 0 aromatic rings. The number of carbonyl (C=O) groups excluding carboxylic acids is 1. The molecule has 4 nitrogen and oxygen atoms in total. The zero-order valence-electron chi connectivity index (χ0n) is 11.1. The number of carbonyl (C=O) groups is 1. The van der Waals surface area contributed by atoms with Crippen molar-refractivity contribution in [3.63, 3.8) is 0 Å². The van der Waals surface area contributed by atoms with Gasteiger partial charge in [-0.2, -0.15) is 0 Å². The van der Waals surface area contributed by atoms with Crippen LogP contribution in [0.5, 0.6) is 0 Å². The number of methoxy groups -OCH3 is 1. The third kappa shape index (κ3) is 4.97. The van der Waals surface area contributed by atoms with Crippen LogP contribution < -0.4 is 0 Å². The van der Waals surface area contributed by atoms with Gasteiger partial charge in [0, 0.05) is 6.54 Å². The molecule has 104 valence electrons. The minimum absolute atomic E-state index is 0.235. The fraction of sp³-hybridized carbons (Fsp3) is 0.583. The Morgan fingerprint density at radius 3 is 2.39 bits per heavy atom. The monoisotopic (exact) mass is 293 g/mol. The highest BCUT2D eigenvalue weighted by Gasteiger charge is 2.36. The van der Waals surface area contributed by atoms with Gasteiger partial charge in [0.25, 0.3) is 6.65 Å². The van der Waals surface area contributed by atoms with Crippen LogP contribution in [-0.4, -0.2) is 30.3 Å². The van der Waals surface area contributed by atoms with Crippen LogP contribution in [0.4, 0.5) is 0 Å². The Hall–Kier alpha value is -0.570. The molecule has 0 aliphatic carbocycles. The van der Waals surface area contributed by atoms with Crippen LogP contribution in [0.15, 0.2) is 25.1 Å². The van der Waals surface area contributed by atoms with E-state index in [2.05, 4.69) is 13.2 Å². The molecular formula is C12H21ClNO3P. The van der Waals surface area contributed by atoms with Crippen LogP contribution in [-0.2, 0) is 14.1 Å². The van der Waals surface area contributed by atoms with E-state index in [1.807, 2.05) is 13.8 Å². The van der Waals surface area contributed by atoms with Crippen molar-refractivity contribution in [3.8, 4) is 0 Å². The Morgan fingerprint density at radius 2 is 2.06 bits per heavy atom. The zero-order valence-corrected chi connectivity index (χ0v) is 12.8. The van der Waals surface area contributed by atoms with Crippen LogP contribution in [0.1, 0.15) is 20.3 Å². The molecule has 0 heterocycles. The molecule has 0 saturated carbocycles. The van der Waals surface area contributed by atoms with Crippen LogP contribution >= 0.6 is 17.9 Å². The quantitative estimate of drug-likeness (QED) is 0.389. The first-order chi connectivity index (χ1) is 8.30. The number of hydrogen-bond donors (Lipinski definition) is 0. The molecule has 0 N–H and O–H groups in total. The van der Waals surface area contributed by atoms with Gasteiger partial charge in [0.15, 0.2) is 0 Å². The number of ether oxygens (including phenoxy) is 1. The molecule has 18 heavy (non-hydrogen) atoms. The van der Waals surface area contributed by atoms with Gasteiger partial charge in [-0.3, -0.25) is 9.36 Å². The molecule has 0 aliphatic rings. The minimum Gasteiger partial charge on any atom is -0.468 e. The van der Waals surface area contributed by atoms with E-state index in [0.29, 0.717) is 6.42 Å². The number of hydrogen-bond acceptors (Lipinski definition) is 3. The van der Waals surface area contributed by atoms with Gasteiger partial charge in [-0.05, 0) is 29.4 Å². The summed E-state index contributed by atoms with van der Waals surface area (Å²) in [7, 11) is 1.30. The third-order valence-corrected chi connectivity index (χ3v) is 5.01. The standard InChI is InChI=1S/C12H21ClNO3P/c1-6-8-14(18(13,16)7-2)11(9-10(3)4)12(15)17-5/h6-7,10-11H,1-2,8-9H2,3-5H3/t11-,18-/m1/s1. The van der Waals surface area contributed by atoms with Crippen molar-refractivity contribution in [1.82, 2.24) is 4.67 Å². The number of halogens is 1. The van der Waals surface area contributed by atoms with Gasteiger partial charge in [-0.1, -0.05) is 26.5 Å². The summed E-state index contributed by atoms with van der Waals surface area (Å²) in [4.78, 5) is 11.8. The number of rotatable bonds is 8. The molecule has 0 saturated heterocycles. The zero-order chi connectivity index (χ0) is 14.3. The summed E-state index contributed by atoms with van der Waals surface area (Å²) in [5.74, 6) is 0.963. The van der Waals surface area contributed by atoms with Gasteiger partial charge in [-0.25, -0.2) is 4.67 Å². The normalized spacial score (nSPS) is 16.1. The molecule has 0 bridgehead atoms. The summed E-state index contributed by atoms with van der Waals surface area (Å²) >= 11 is 5.95. The Labute approximate surface area is 114 Å². The third-order valence-electron chi connectivity index (χ3n) is 2.42. The minimum atomic E-state index is -3.28. The maximum atomic E-state index is 12.2. The van der Waals surface area contributed by atoms with Gasteiger partial charge >= 0.3 is 5.97 Å². The molecule has 0 spiro atoms. The first-order valence-electron chi connectivity index (χ1n) is 5.69. The van der Waals surface area contributed by atoms with E-state index in [4.69, 9.17) is 16.0 Å². The Bertz CT molecular complexity index is 357. The van der Waals surface area contributed by atoms with Crippen molar-refractivity contribution in [3.05, 3.63) is 25.1 Å². The fourth-order valence-corrected chi connectivity index (χ4v) is 3.21. The van der Waals surface area contributed by atoms with E-state index in [1.54, 1.807) is 6.08 Å². The van der Waals surface area contributed by atoms with Crippen LogP contribution in [0.25, 0.3) is 0 Å². The van der Waals surface area contributed by atoms with Crippen molar-refractivity contribution >= 4 is 23.9 Å². The van der Waals surface area contributed by atoms with E-state index in [-0.39, 0.29) is 12.5 Å². The maximum absolute atomic E-state index is 12.2. The van der Waals surface area contributed by atoms with Crippen LogP contribution in [0.2, 0.25) is 0 Å². The van der Waals surface area contributed by atoms with Gasteiger partial charge < -0.3 is 4.74 Å². The van der Waals surface area contributed by atoms with Gasteiger partial charge in [0.05, 0.1) is 7.11 Å². The van der Waals surface area contributed by atoms with Gasteiger partial charge in [0.1, 0.15) is 6.04 Å². The topological polar surface area (TPSA) is 46.6 Å². The van der Waals surface area contributed by atoms with E-state index in [0.717, 1.165) is 0 Å². The first-order valence-corrected chi connectivity index (χ1v) is 8.32. The molecule has 0 fully saturated rings. The van der Waals surface area contributed by atoms with Crippen LogP contribution in [0, 0.1) is 5.92 Å². The Kier molecular flexibility index (Phi) is 7.53. The lowest BCUT2D eigenvalue weighted by molar-refractivity contribution is -0.145. The van der Waals surface area contributed by atoms with Gasteiger partial charge in [0.2, 0.25) is 0 Å². The fourth-order valence-electron chi connectivity index (χ4n) is 1.59. The second kappa shape index (κ2) is 7.78. The Morgan fingerprint density at radius 1 is 1.50 bits per heavy atom. The molecular weight excluding hydrogens is 273 g/mol. The number of esters is 1. The van der Waals surface area contributed by atoms with Crippen LogP contribution in [0.3, 0.4) is 0 Å². The predicted octanol–water partition coefficient (Wildman–Crippen LogP) is 3.64. The summed E-state index contributed by atoms with van der Waals surface area (Å²) in [5, 5.41) is 0. The molecule has 0 rings (SSSR count). The second-order valence-electron chi connectivity index (χ2n) is 4.31. The van der Waals surface area contributed by atoms with Crippen molar-refractivity contribution < 1.29 is 14.1 Å². The van der Waals surface area contributed by atoms with Gasteiger partial charge in [-0.15, -0.1) is 6.58 Å². The van der Waals surface area contributed by atoms with Crippen molar-refractivity contribution in [2.24, 2.45) is 5.92 Å². The van der Waals surface area contributed by atoms with Crippen molar-refractivity contribution in [2.45, 2.75) is 26.3 Å². The molecule has 0 unspecified atom stereocenters. The maximum Gasteiger partial charge on any atom is 0.323 e. The van der Waals surface area contributed by atoms with Crippen molar-refractivity contribution in [1.29, 1.82) is 0 Å². The van der Waals surface area contributed by atoms with E-state index >= 15 is 0 Å². The highest BCUT2D eigenvalue weighted by atomic mass is 35.7. The second-order valence-corrected chi connectivity index (χ2v) is 7.73. The summed E-state index contributed by atoms with van der Waals surface area (Å²) < 4.78 is 18.4. The van der Waals surface area contributed by atoms with E-state index in [9.17, 15) is 9.36 Å². The summed E-state index contributed by atoms with van der Waals surface area (Å²) in [6.07, 6.45) is 2.06. The average molecular weight is 294 g/mol. The lowest BCUT2D eigenvalue weighted by Crippen LogP contribution is -2.39. The SMILES string of the molecule is C=CCN([C@H](CC(C)C)C(=O)OC)[P@](=O)(Cl)C=C. The van der Waals surface area contributed by atoms with E-state index < -0.39 is 18.7 Å². The molecule has 0 amide bonds. The first kappa shape index (κ1) is 17.4. The highest BCUT2D eigenvalue weighted by Crippen LogP contribution is 2.57. The molecule has 0 radical (unpaired) electrons. The smallest absolute Gasteiger partial charge is 0.323 e. The molecule has 0 aromatic carbocycles. The largest absolute Gasteiger partial charge is 0.468 e. The molecule has 2 atom stereocenters. The molecule has 6 heteroatoms. The summed E-state index contributed by atoms with van der Waals surface area (Å²) in [6.45, 7) is 7.93. The van der Waals surface area contributed by atoms with E-state index in [1.165, 1.54) is 17.6 Å². The summed E-state index contributed by atoms with van der Waals surface area (Å²) in [6, 6.07) is -0.658. The Balaban J connectivity index is 5.33. The molecule has 0 aromatic heterocycles.